The number of ether oxygens (including phenoxy) is 1. The fourth-order valence-corrected chi connectivity index (χ4v) is 5.84. The van der Waals surface area contributed by atoms with Crippen LogP contribution in [0.5, 0.6) is 0 Å². The van der Waals surface area contributed by atoms with Gasteiger partial charge in [0.15, 0.2) is 0 Å². The van der Waals surface area contributed by atoms with E-state index in [1.54, 1.807) is 6.20 Å². The van der Waals surface area contributed by atoms with Gasteiger partial charge in [0, 0.05) is 18.8 Å². The molecule has 1 saturated heterocycles. The zero-order valence-corrected chi connectivity index (χ0v) is 18.8. The van der Waals surface area contributed by atoms with E-state index < -0.39 is 5.60 Å². The molecule has 0 radical (unpaired) electrons. The molecule has 1 aromatic carbocycles. The minimum atomic E-state index is -0.499. The van der Waals surface area contributed by atoms with Gasteiger partial charge < -0.3 is 15.2 Å². The van der Waals surface area contributed by atoms with E-state index in [0.717, 1.165) is 30.4 Å². The first-order valence-electron chi connectivity index (χ1n) is 11.1. The van der Waals surface area contributed by atoms with Crippen LogP contribution in [-0.2, 0) is 10.3 Å². The van der Waals surface area contributed by atoms with Crippen LogP contribution in [0.2, 0.25) is 0 Å². The number of anilines is 1. The lowest BCUT2D eigenvalue weighted by Gasteiger charge is -2.28. The van der Waals surface area contributed by atoms with Crippen LogP contribution in [-0.4, -0.2) is 39.6 Å². The molecule has 1 saturated carbocycles. The van der Waals surface area contributed by atoms with Crippen LogP contribution < -0.4 is 5.32 Å². The number of rotatable bonds is 6. The Balaban J connectivity index is 1.42. The van der Waals surface area contributed by atoms with Crippen LogP contribution in [0.25, 0.3) is 0 Å². The van der Waals surface area contributed by atoms with Crippen LogP contribution in [0, 0.1) is 5.92 Å². The molecule has 0 bridgehead atoms. The molecule has 0 amide bonds. The maximum atomic E-state index is 13.4. The number of aliphatic hydroxyl groups is 1. The maximum absolute atomic E-state index is 13.4. The quantitative estimate of drug-likeness (QED) is 0.543. The molecule has 1 aliphatic heterocycles. The zero-order valence-electron chi connectivity index (χ0n) is 18.0. The van der Waals surface area contributed by atoms with Crippen molar-refractivity contribution in [2.24, 2.45) is 5.92 Å². The van der Waals surface area contributed by atoms with Gasteiger partial charge >= 0.3 is 0 Å². The molecule has 2 N–H and O–H groups in total. The van der Waals surface area contributed by atoms with Gasteiger partial charge in [0.05, 0.1) is 16.5 Å². The Hall–Kier alpha value is -2.61. The average Bonchev–Trinajstić information content (AvgIpc) is 3.56. The summed E-state index contributed by atoms with van der Waals surface area (Å²) in [5.41, 5.74) is 2.10. The molecule has 6 nitrogen and oxygen atoms in total. The SMILES string of the molecule is C[C@@H]1C[C@@H](Nc2ncncc2C(=O)c2cc([C@]3(c4ccccc4)CCCO3)cs2)C[C@@H]1O. The highest BCUT2D eigenvalue weighted by molar-refractivity contribution is 7.12. The van der Waals surface area contributed by atoms with Gasteiger partial charge in [-0.1, -0.05) is 37.3 Å². The number of hydrogen-bond donors (Lipinski definition) is 2. The molecule has 2 fully saturated rings. The van der Waals surface area contributed by atoms with E-state index in [-0.39, 0.29) is 23.8 Å². The highest BCUT2D eigenvalue weighted by Gasteiger charge is 2.40. The van der Waals surface area contributed by atoms with Crippen LogP contribution in [0.15, 0.2) is 54.3 Å². The number of thiophene rings is 1. The Morgan fingerprint density at radius 3 is 2.81 bits per heavy atom. The molecular formula is C25H27N3O3S. The molecule has 2 aliphatic rings. The molecule has 0 spiro atoms. The fourth-order valence-electron chi connectivity index (χ4n) is 4.92. The molecule has 32 heavy (non-hydrogen) atoms. The summed E-state index contributed by atoms with van der Waals surface area (Å²) in [4.78, 5) is 22.5. The molecule has 3 heterocycles. The summed E-state index contributed by atoms with van der Waals surface area (Å²) in [5.74, 6) is 0.659. The summed E-state index contributed by atoms with van der Waals surface area (Å²) in [5, 5.41) is 15.5. The predicted molar refractivity (Wildman–Crippen MR) is 124 cm³/mol. The first kappa shape index (κ1) is 21.2. The Labute approximate surface area is 191 Å². The summed E-state index contributed by atoms with van der Waals surface area (Å²) >= 11 is 1.43. The third kappa shape index (κ3) is 3.85. The van der Waals surface area contributed by atoms with E-state index >= 15 is 0 Å². The van der Waals surface area contributed by atoms with Gasteiger partial charge in [0.1, 0.15) is 17.7 Å². The summed E-state index contributed by atoms with van der Waals surface area (Å²) < 4.78 is 6.28. The summed E-state index contributed by atoms with van der Waals surface area (Å²) in [6.07, 6.45) is 6.08. The monoisotopic (exact) mass is 449 g/mol. The lowest BCUT2D eigenvalue weighted by molar-refractivity contribution is 0.0363. The molecule has 0 unspecified atom stereocenters. The number of hydrogen-bond acceptors (Lipinski definition) is 7. The second kappa shape index (κ2) is 8.73. The molecule has 1 aliphatic carbocycles. The van der Waals surface area contributed by atoms with E-state index in [1.165, 1.54) is 17.7 Å². The van der Waals surface area contributed by atoms with Crippen molar-refractivity contribution in [3.63, 3.8) is 0 Å². The van der Waals surface area contributed by atoms with Gasteiger partial charge in [-0.2, -0.15) is 0 Å². The highest BCUT2D eigenvalue weighted by atomic mass is 32.1. The number of carbonyl (C=O) groups is 1. The Morgan fingerprint density at radius 1 is 1.25 bits per heavy atom. The number of ketones is 1. The van der Waals surface area contributed by atoms with Crippen LogP contribution in [0.3, 0.4) is 0 Å². The van der Waals surface area contributed by atoms with E-state index in [0.29, 0.717) is 29.3 Å². The largest absolute Gasteiger partial charge is 0.393 e. The first-order chi connectivity index (χ1) is 15.6. The number of benzene rings is 1. The highest BCUT2D eigenvalue weighted by Crippen LogP contribution is 2.44. The lowest BCUT2D eigenvalue weighted by atomic mass is 9.85. The van der Waals surface area contributed by atoms with Gasteiger partial charge in [-0.05, 0) is 54.2 Å². The van der Waals surface area contributed by atoms with Crippen molar-refractivity contribution in [3.8, 4) is 0 Å². The van der Waals surface area contributed by atoms with Crippen LogP contribution >= 0.6 is 11.3 Å². The average molecular weight is 450 g/mol. The molecule has 7 heteroatoms. The van der Waals surface area contributed by atoms with Gasteiger partial charge in [-0.3, -0.25) is 4.79 Å². The number of nitrogens with zero attached hydrogens (tertiary/aromatic N) is 2. The second-order valence-corrected chi connectivity index (χ2v) is 9.73. The van der Waals surface area contributed by atoms with Crippen LogP contribution in [0.1, 0.15) is 59.0 Å². The maximum Gasteiger partial charge on any atom is 0.208 e. The smallest absolute Gasteiger partial charge is 0.208 e. The normalized spacial score (nSPS) is 27.5. The molecular weight excluding hydrogens is 422 g/mol. The number of aromatic nitrogens is 2. The summed E-state index contributed by atoms with van der Waals surface area (Å²) in [6.45, 7) is 2.75. The van der Waals surface area contributed by atoms with Gasteiger partial charge in [-0.15, -0.1) is 11.3 Å². The van der Waals surface area contributed by atoms with E-state index in [4.69, 9.17) is 4.74 Å². The van der Waals surface area contributed by atoms with Crippen molar-refractivity contribution < 1.29 is 14.6 Å². The Morgan fingerprint density at radius 2 is 2.09 bits per heavy atom. The van der Waals surface area contributed by atoms with Gasteiger partial charge in [0.25, 0.3) is 0 Å². The van der Waals surface area contributed by atoms with E-state index in [1.807, 2.05) is 36.6 Å². The Kier molecular flexibility index (Phi) is 5.80. The lowest BCUT2D eigenvalue weighted by Crippen LogP contribution is -2.25. The van der Waals surface area contributed by atoms with Crippen molar-refractivity contribution in [1.29, 1.82) is 0 Å². The topological polar surface area (TPSA) is 84.3 Å². The molecule has 4 atom stereocenters. The van der Waals surface area contributed by atoms with E-state index in [2.05, 4.69) is 27.4 Å². The minimum absolute atomic E-state index is 0.0913. The summed E-state index contributed by atoms with van der Waals surface area (Å²) in [6, 6.07) is 12.3. The predicted octanol–water partition coefficient (Wildman–Crippen LogP) is 4.39. The van der Waals surface area contributed by atoms with Crippen molar-refractivity contribution in [1.82, 2.24) is 9.97 Å². The van der Waals surface area contributed by atoms with Crippen molar-refractivity contribution in [3.05, 3.63) is 75.9 Å². The molecule has 5 rings (SSSR count). The Bertz CT molecular complexity index is 1080. The summed E-state index contributed by atoms with van der Waals surface area (Å²) in [7, 11) is 0. The van der Waals surface area contributed by atoms with Gasteiger partial charge in [-0.25, -0.2) is 9.97 Å². The van der Waals surface area contributed by atoms with Crippen molar-refractivity contribution in [2.45, 2.75) is 50.4 Å². The van der Waals surface area contributed by atoms with Gasteiger partial charge in [0.2, 0.25) is 5.78 Å². The third-order valence-electron chi connectivity index (χ3n) is 6.69. The minimum Gasteiger partial charge on any atom is -0.393 e. The first-order valence-corrected chi connectivity index (χ1v) is 12.0. The number of carbonyl (C=O) groups excluding carboxylic acids is 1. The zero-order chi connectivity index (χ0) is 22.1. The van der Waals surface area contributed by atoms with Crippen molar-refractivity contribution >= 4 is 22.9 Å². The van der Waals surface area contributed by atoms with Crippen LogP contribution in [0.4, 0.5) is 5.82 Å². The molecule has 2 aromatic heterocycles. The van der Waals surface area contributed by atoms with E-state index in [9.17, 15) is 9.90 Å². The third-order valence-corrected chi connectivity index (χ3v) is 7.62. The fraction of sp³-hybridized carbons (Fsp3) is 0.400. The standard InChI is InChI=1S/C25H27N3O3S/c1-16-10-19(12-21(16)29)28-24-20(13-26-15-27-24)23(30)22-11-18(14-32-22)25(8-5-9-31-25)17-6-3-2-4-7-17/h2-4,6-7,11,13-16,19,21,29H,5,8-10,12H2,1H3,(H,26,27,28)/t16-,19-,21+,25-/m1/s1. The molecule has 3 aromatic rings. The number of aliphatic hydroxyl groups excluding tert-OH is 1. The van der Waals surface area contributed by atoms with Crippen molar-refractivity contribution in [2.75, 3.05) is 11.9 Å². The number of nitrogens with one attached hydrogen (secondary N) is 1. The molecule has 166 valence electrons. The second-order valence-electron chi connectivity index (χ2n) is 8.82.